The second-order valence-electron chi connectivity index (χ2n) is 5.01. The van der Waals surface area contributed by atoms with Crippen LogP contribution in [-0.2, 0) is 16.4 Å². The van der Waals surface area contributed by atoms with Gasteiger partial charge in [0.15, 0.2) is 0 Å². The van der Waals surface area contributed by atoms with Crippen molar-refractivity contribution >= 4 is 15.7 Å². The van der Waals surface area contributed by atoms with Crippen molar-refractivity contribution in [2.75, 3.05) is 5.32 Å². The zero-order valence-electron chi connectivity index (χ0n) is 10.9. The summed E-state index contributed by atoms with van der Waals surface area (Å²) in [7, 11) is -3.66. The maximum absolute atomic E-state index is 11.4. The van der Waals surface area contributed by atoms with Gasteiger partial charge in [0.05, 0.1) is 10.9 Å². The number of anilines is 1. The van der Waals surface area contributed by atoms with Crippen molar-refractivity contribution < 1.29 is 8.42 Å². The van der Waals surface area contributed by atoms with Gasteiger partial charge in [-0.15, -0.1) is 0 Å². The van der Waals surface area contributed by atoms with Crippen LogP contribution in [0.25, 0.3) is 0 Å². The molecule has 0 bridgehead atoms. The number of sulfonamides is 1. The molecule has 1 unspecified atom stereocenters. The molecule has 1 aliphatic rings. The van der Waals surface area contributed by atoms with Gasteiger partial charge in [-0.25, -0.2) is 13.6 Å². The van der Waals surface area contributed by atoms with Gasteiger partial charge >= 0.3 is 0 Å². The molecule has 0 amide bonds. The van der Waals surface area contributed by atoms with Crippen LogP contribution in [0.15, 0.2) is 53.4 Å². The van der Waals surface area contributed by atoms with Gasteiger partial charge in [-0.05, 0) is 42.2 Å². The lowest BCUT2D eigenvalue weighted by molar-refractivity contribution is 0.598. The van der Waals surface area contributed by atoms with E-state index in [0.29, 0.717) is 0 Å². The largest absolute Gasteiger partial charge is 0.378 e. The zero-order valence-corrected chi connectivity index (χ0v) is 11.7. The molecule has 20 heavy (non-hydrogen) atoms. The highest BCUT2D eigenvalue weighted by Crippen LogP contribution is 2.33. The summed E-state index contributed by atoms with van der Waals surface area (Å²) in [6.45, 7) is 0. The highest BCUT2D eigenvalue weighted by molar-refractivity contribution is 7.89. The standard InChI is InChI=1S/C15H16N2O2S/c16-20(18,19)13-6-3-5-12(10-13)17-15-9-8-11-4-1-2-7-14(11)15/h1-7,10,15,17H,8-9H2,(H2,16,18,19). The van der Waals surface area contributed by atoms with Gasteiger partial charge in [0, 0.05) is 5.69 Å². The molecule has 0 saturated carbocycles. The van der Waals surface area contributed by atoms with Crippen molar-refractivity contribution in [3.8, 4) is 0 Å². The van der Waals surface area contributed by atoms with E-state index in [-0.39, 0.29) is 10.9 Å². The normalized spacial score (nSPS) is 17.8. The predicted octanol–water partition coefficient (Wildman–Crippen LogP) is 2.43. The summed E-state index contributed by atoms with van der Waals surface area (Å²) in [6, 6.07) is 15.2. The summed E-state index contributed by atoms with van der Waals surface area (Å²) < 4.78 is 22.7. The van der Waals surface area contributed by atoms with E-state index in [2.05, 4.69) is 17.4 Å². The Balaban J connectivity index is 1.87. The molecule has 2 aromatic carbocycles. The minimum absolute atomic E-state index is 0.133. The SMILES string of the molecule is NS(=O)(=O)c1cccc(NC2CCc3ccccc32)c1. The number of hydrogen-bond donors (Lipinski definition) is 2. The monoisotopic (exact) mass is 288 g/mol. The Morgan fingerprint density at radius 3 is 2.70 bits per heavy atom. The van der Waals surface area contributed by atoms with E-state index in [1.165, 1.54) is 17.2 Å². The highest BCUT2D eigenvalue weighted by atomic mass is 32.2. The summed E-state index contributed by atoms with van der Waals surface area (Å²) in [4.78, 5) is 0.133. The molecule has 0 spiro atoms. The van der Waals surface area contributed by atoms with Crippen LogP contribution in [0, 0.1) is 0 Å². The fourth-order valence-corrected chi connectivity index (χ4v) is 3.23. The maximum atomic E-state index is 11.4. The molecule has 104 valence electrons. The van der Waals surface area contributed by atoms with Crippen LogP contribution < -0.4 is 10.5 Å². The summed E-state index contributed by atoms with van der Waals surface area (Å²) in [5, 5.41) is 8.54. The van der Waals surface area contributed by atoms with Crippen molar-refractivity contribution in [2.24, 2.45) is 5.14 Å². The minimum Gasteiger partial charge on any atom is -0.378 e. The topological polar surface area (TPSA) is 72.2 Å². The van der Waals surface area contributed by atoms with E-state index >= 15 is 0 Å². The van der Waals surface area contributed by atoms with Gasteiger partial charge in [0.2, 0.25) is 10.0 Å². The number of nitrogens with two attached hydrogens (primary N) is 1. The molecule has 1 atom stereocenters. The average molecular weight is 288 g/mol. The minimum atomic E-state index is -3.66. The number of benzene rings is 2. The zero-order chi connectivity index (χ0) is 14.2. The van der Waals surface area contributed by atoms with Gasteiger partial charge in [-0.3, -0.25) is 0 Å². The number of hydrogen-bond acceptors (Lipinski definition) is 3. The molecule has 3 N–H and O–H groups in total. The number of nitrogens with one attached hydrogen (secondary N) is 1. The van der Waals surface area contributed by atoms with Crippen molar-refractivity contribution in [3.05, 3.63) is 59.7 Å². The molecular formula is C15H16N2O2S. The summed E-state index contributed by atoms with van der Waals surface area (Å²) >= 11 is 0. The molecule has 3 rings (SSSR count). The number of aryl methyl sites for hydroxylation is 1. The fraction of sp³-hybridized carbons (Fsp3) is 0.200. The number of rotatable bonds is 3. The van der Waals surface area contributed by atoms with Crippen LogP contribution in [0.2, 0.25) is 0 Å². The molecule has 2 aromatic rings. The lowest BCUT2D eigenvalue weighted by Gasteiger charge is -2.16. The van der Waals surface area contributed by atoms with E-state index in [9.17, 15) is 8.42 Å². The molecular weight excluding hydrogens is 272 g/mol. The van der Waals surface area contributed by atoms with Gasteiger partial charge in [-0.2, -0.15) is 0 Å². The third kappa shape index (κ3) is 2.55. The van der Waals surface area contributed by atoms with Crippen LogP contribution in [-0.4, -0.2) is 8.42 Å². The Bertz CT molecular complexity index is 741. The van der Waals surface area contributed by atoms with Crippen LogP contribution in [0.4, 0.5) is 5.69 Å². The first-order valence-electron chi connectivity index (χ1n) is 6.51. The Morgan fingerprint density at radius 1 is 1.10 bits per heavy atom. The summed E-state index contributed by atoms with van der Waals surface area (Å²) in [5.74, 6) is 0. The van der Waals surface area contributed by atoms with E-state index in [1.54, 1.807) is 12.1 Å². The van der Waals surface area contributed by atoms with Gasteiger partial charge in [0.1, 0.15) is 0 Å². The summed E-state index contributed by atoms with van der Waals surface area (Å²) in [5.41, 5.74) is 3.42. The van der Waals surface area contributed by atoms with E-state index in [4.69, 9.17) is 5.14 Å². The summed E-state index contributed by atoms with van der Waals surface area (Å²) in [6.07, 6.45) is 2.06. The van der Waals surface area contributed by atoms with E-state index in [0.717, 1.165) is 18.5 Å². The van der Waals surface area contributed by atoms with Crippen molar-refractivity contribution in [1.82, 2.24) is 0 Å². The Morgan fingerprint density at radius 2 is 1.90 bits per heavy atom. The average Bonchev–Trinajstić information content (AvgIpc) is 2.82. The molecule has 0 heterocycles. The number of fused-ring (bicyclic) bond motifs is 1. The number of primary sulfonamides is 1. The Kier molecular flexibility index (Phi) is 3.23. The second kappa shape index (κ2) is 4.92. The molecule has 1 aliphatic carbocycles. The Hall–Kier alpha value is -1.85. The smallest absolute Gasteiger partial charge is 0.238 e. The van der Waals surface area contributed by atoms with Crippen molar-refractivity contribution in [3.63, 3.8) is 0 Å². The Labute approximate surface area is 118 Å². The van der Waals surface area contributed by atoms with Gasteiger partial charge in [0.25, 0.3) is 0 Å². The third-order valence-electron chi connectivity index (χ3n) is 3.64. The van der Waals surface area contributed by atoms with Crippen LogP contribution in [0.1, 0.15) is 23.6 Å². The quantitative estimate of drug-likeness (QED) is 0.911. The van der Waals surface area contributed by atoms with Crippen LogP contribution >= 0.6 is 0 Å². The molecule has 5 heteroatoms. The van der Waals surface area contributed by atoms with Crippen molar-refractivity contribution in [2.45, 2.75) is 23.8 Å². The molecule has 4 nitrogen and oxygen atoms in total. The van der Waals surface area contributed by atoms with Crippen molar-refractivity contribution in [1.29, 1.82) is 0 Å². The van der Waals surface area contributed by atoms with E-state index < -0.39 is 10.0 Å². The van der Waals surface area contributed by atoms with Gasteiger partial charge < -0.3 is 5.32 Å². The highest BCUT2D eigenvalue weighted by Gasteiger charge is 2.21. The van der Waals surface area contributed by atoms with E-state index in [1.807, 2.05) is 18.2 Å². The lowest BCUT2D eigenvalue weighted by atomic mass is 10.1. The lowest BCUT2D eigenvalue weighted by Crippen LogP contribution is -2.13. The first kappa shape index (κ1) is 13.1. The predicted molar refractivity (Wildman–Crippen MR) is 78.9 cm³/mol. The molecule has 0 saturated heterocycles. The van der Waals surface area contributed by atoms with Crippen LogP contribution in [0.3, 0.4) is 0 Å². The molecule has 0 fully saturated rings. The first-order valence-corrected chi connectivity index (χ1v) is 8.06. The molecule has 0 radical (unpaired) electrons. The molecule has 0 aliphatic heterocycles. The van der Waals surface area contributed by atoms with Crippen LogP contribution in [0.5, 0.6) is 0 Å². The van der Waals surface area contributed by atoms with Gasteiger partial charge in [-0.1, -0.05) is 30.3 Å². The maximum Gasteiger partial charge on any atom is 0.238 e. The fourth-order valence-electron chi connectivity index (χ4n) is 2.67. The first-order chi connectivity index (χ1) is 9.54. The third-order valence-corrected chi connectivity index (χ3v) is 4.55. The molecule has 0 aromatic heterocycles. The second-order valence-corrected chi connectivity index (χ2v) is 6.57.